The smallest absolute Gasteiger partial charge is 0.242 e. The van der Waals surface area contributed by atoms with Crippen molar-refractivity contribution in [3.05, 3.63) is 23.4 Å². The van der Waals surface area contributed by atoms with Crippen molar-refractivity contribution in [1.82, 2.24) is 10.3 Å². The molecule has 17 heavy (non-hydrogen) atoms. The number of halogens is 1. The van der Waals surface area contributed by atoms with E-state index in [1.165, 1.54) is 0 Å². The van der Waals surface area contributed by atoms with E-state index in [1.54, 1.807) is 13.1 Å². The van der Waals surface area contributed by atoms with E-state index in [2.05, 4.69) is 10.3 Å². The highest BCUT2D eigenvalue weighted by Gasteiger charge is 2.28. The molecule has 1 N–H and O–H groups in total. The van der Waals surface area contributed by atoms with Crippen LogP contribution in [0.1, 0.15) is 19.3 Å². The van der Waals surface area contributed by atoms with Crippen LogP contribution in [0.15, 0.2) is 18.2 Å². The second-order valence-electron chi connectivity index (χ2n) is 4.14. The lowest BCUT2D eigenvalue weighted by Crippen LogP contribution is -2.49. The Balaban J connectivity index is 2.24. The SMILES string of the molecule is CNC(=O)C1CCCCN1c1cccc(Cl)n1. The average molecular weight is 254 g/mol. The molecule has 0 aromatic carbocycles. The predicted molar refractivity (Wildman–Crippen MR) is 68.3 cm³/mol. The fourth-order valence-electron chi connectivity index (χ4n) is 2.20. The Bertz CT molecular complexity index is 410. The van der Waals surface area contributed by atoms with Gasteiger partial charge in [-0.25, -0.2) is 4.98 Å². The molecule has 1 atom stereocenters. The van der Waals surface area contributed by atoms with Crippen molar-refractivity contribution < 1.29 is 4.79 Å². The predicted octanol–water partition coefficient (Wildman–Crippen LogP) is 1.84. The van der Waals surface area contributed by atoms with E-state index in [0.29, 0.717) is 5.15 Å². The lowest BCUT2D eigenvalue weighted by Gasteiger charge is -2.35. The number of likely N-dealkylation sites (N-methyl/N-ethyl adjacent to an activating group) is 1. The third kappa shape index (κ3) is 2.69. The molecule has 0 spiro atoms. The summed E-state index contributed by atoms with van der Waals surface area (Å²) in [6.07, 6.45) is 3.03. The van der Waals surface area contributed by atoms with Gasteiger partial charge in [-0.1, -0.05) is 17.7 Å². The summed E-state index contributed by atoms with van der Waals surface area (Å²) in [6, 6.07) is 5.37. The second-order valence-corrected chi connectivity index (χ2v) is 4.52. The Labute approximate surface area is 106 Å². The molecular weight excluding hydrogens is 238 g/mol. The largest absolute Gasteiger partial charge is 0.357 e. The zero-order valence-electron chi connectivity index (χ0n) is 9.82. The number of rotatable bonds is 2. The maximum Gasteiger partial charge on any atom is 0.242 e. The fraction of sp³-hybridized carbons (Fsp3) is 0.500. The lowest BCUT2D eigenvalue weighted by atomic mass is 10.0. The van der Waals surface area contributed by atoms with Gasteiger partial charge in [0, 0.05) is 13.6 Å². The van der Waals surface area contributed by atoms with Crippen LogP contribution in [0.2, 0.25) is 5.15 Å². The van der Waals surface area contributed by atoms with E-state index in [4.69, 9.17) is 11.6 Å². The van der Waals surface area contributed by atoms with Crippen LogP contribution >= 0.6 is 11.6 Å². The molecule has 2 rings (SSSR count). The number of piperidine rings is 1. The molecule has 1 fully saturated rings. The molecule has 5 heteroatoms. The molecule has 1 aromatic heterocycles. The van der Waals surface area contributed by atoms with E-state index >= 15 is 0 Å². The molecule has 1 saturated heterocycles. The van der Waals surface area contributed by atoms with Gasteiger partial charge in [0.1, 0.15) is 17.0 Å². The number of pyridine rings is 1. The van der Waals surface area contributed by atoms with E-state index < -0.39 is 0 Å². The quantitative estimate of drug-likeness (QED) is 0.818. The summed E-state index contributed by atoms with van der Waals surface area (Å²) in [5.74, 6) is 0.831. The summed E-state index contributed by atoms with van der Waals surface area (Å²) < 4.78 is 0. The van der Waals surface area contributed by atoms with Crippen molar-refractivity contribution in [2.45, 2.75) is 25.3 Å². The van der Waals surface area contributed by atoms with Gasteiger partial charge in [0.05, 0.1) is 0 Å². The van der Waals surface area contributed by atoms with Crippen LogP contribution in [0.25, 0.3) is 0 Å². The van der Waals surface area contributed by atoms with Crippen molar-refractivity contribution in [1.29, 1.82) is 0 Å². The number of amides is 1. The molecule has 0 aliphatic carbocycles. The average Bonchev–Trinajstić information content (AvgIpc) is 2.38. The van der Waals surface area contributed by atoms with Crippen molar-refractivity contribution in [2.24, 2.45) is 0 Å². The van der Waals surface area contributed by atoms with Crippen LogP contribution < -0.4 is 10.2 Å². The molecule has 1 amide bonds. The van der Waals surface area contributed by atoms with Crippen molar-refractivity contribution in [3.8, 4) is 0 Å². The summed E-state index contributed by atoms with van der Waals surface area (Å²) in [5.41, 5.74) is 0. The van der Waals surface area contributed by atoms with E-state index in [9.17, 15) is 4.79 Å². The number of nitrogens with zero attached hydrogens (tertiary/aromatic N) is 2. The molecule has 92 valence electrons. The molecule has 0 saturated carbocycles. The molecule has 4 nitrogen and oxygen atoms in total. The topological polar surface area (TPSA) is 45.2 Å². The number of carbonyl (C=O) groups is 1. The van der Waals surface area contributed by atoms with Crippen molar-refractivity contribution in [2.75, 3.05) is 18.5 Å². The van der Waals surface area contributed by atoms with Gasteiger partial charge in [0.15, 0.2) is 0 Å². The highest BCUT2D eigenvalue weighted by Crippen LogP contribution is 2.24. The minimum absolute atomic E-state index is 0.0477. The zero-order chi connectivity index (χ0) is 12.3. The van der Waals surface area contributed by atoms with Crippen molar-refractivity contribution in [3.63, 3.8) is 0 Å². The fourth-order valence-corrected chi connectivity index (χ4v) is 2.36. The molecule has 1 aromatic rings. The van der Waals surface area contributed by atoms with Gasteiger partial charge >= 0.3 is 0 Å². The first-order valence-electron chi connectivity index (χ1n) is 5.83. The molecular formula is C12H16ClN3O. The van der Waals surface area contributed by atoms with E-state index in [0.717, 1.165) is 31.6 Å². The molecule has 1 unspecified atom stereocenters. The summed E-state index contributed by atoms with van der Waals surface area (Å²) in [6.45, 7) is 0.853. The number of anilines is 1. The van der Waals surface area contributed by atoms with E-state index in [-0.39, 0.29) is 11.9 Å². The Hall–Kier alpha value is -1.29. The maximum absolute atomic E-state index is 11.8. The molecule has 0 radical (unpaired) electrons. The molecule has 0 bridgehead atoms. The number of hydrogen-bond acceptors (Lipinski definition) is 3. The molecule has 1 aliphatic heterocycles. The van der Waals surface area contributed by atoms with Crippen LogP contribution in [-0.2, 0) is 4.79 Å². The highest BCUT2D eigenvalue weighted by molar-refractivity contribution is 6.29. The zero-order valence-corrected chi connectivity index (χ0v) is 10.6. The first kappa shape index (κ1) is 12.2. The minimum atomic E-state index is -0.125. The first-order chi connectivity index (χ1) is 8.22. The van der Waals surface area contributed by atoms with Crippen LogP contribution in [0.4, 0.5) is 5.82 Å². The number of nitrogens with one attached hydrogen (secondary N) is 1. The van der Waals surface area contributed by atoms with Gasteiger partial charge in [-0.3, -0.25) is 4.79 Å². The Morgan fingerprint density at radius 3 is 3.06 bits per heavy atom. The van der Waals surface area contributed by atoms with Gasteiger partial charge < -0.3 is 10.2 Å². The van der Waals surface area contributed by atoms with Gasteiger partial charge in [-0.05, 0) is 31.4 Å². The third-order valence-electron chi connectivity index (χ3n) is 3.05. The Kier molecular flexibility index (Phi) is 3.84. The van der Waals surface area contributed by atoms with Crippen molar-refractivity contribution >= 4 is 23.3 Å². The van der Waals surface area contributed by atoms with Crippen LogP contribution in [0.5, 0.6) is 0 Å². The third-order valence-corrected chi connectivity index (χ3v) is 3.26. The molecule has 2 heterocycles. The van der Waals surface area contributed by atoms with Crippen LogP contribution in [0, 0.1) is 0 Å². The Morgan fingerprint density at radius 2 is 2.35 bits per heavy atom. The second kappa shape index (κ2) is 5.36. The lowest BCUT2D eigenvalue weighted by molar-refractivity contribution is -0.122. The van der Waals surface area contributed by atoms with Gasteiger partial charge in [-0.2, -0.15) is 0 Å². The highest BCUT2D eigenvalue weighted by atomic mass is 35.5. The summed E-state index contributed by atoms with van der Waals surface area (Å²) in [7, 11) is 1.67. The van der Waals surface area contributed by atoms with Crippen LogP contribution in [-0.4, -0.2) is 30.5 Å². The Morgan fingerprint density at radius 1 is 1.53 bits per heavy atom. The minimum Gasteiger partial charge on any atom is -0.357 e. The number of aromatic nitrogens is 1. The van der Waals surface area contributed by atoms with Crippen LogP contribution in [0.3, 0.4) is 0 Å². The number of hydrogen-bond donors (Lipinski definition) is 1. The first-order valence-corrected chi connectivity index (χ1v) is 6.21. The van der Waals surface area contributed by atoms with Gasteiger partial charge in [0.25, 0.3) is 0 Å². The van der Waals surface area contributed by atoms with Gasteiger partial charge in [0.2, 0.25) is 5.91 Å². The summed E-state index contributed by atoms with van der Waals surface area (Å²) in [5, 5.41) is 3.17. The summed E-state index contributed by atoms with van der Waals surface area (Å²) in [4.78, 5) is 18.1. The maximum atomic E-state index is 11.8. The van der Waals surface area contributed by atoms with E-state index in [1.807, 2.05) is 17.0 Å². The monoisotopic (exact) mass is 253 g/mol. The molecule has 1 aliphatic rings. The number of carbonyl (C=O) groups excluding carboxylic acids is 1. The normalized spacial score (nSPS) is 20.1. The van der Waals surface area contributed by atoms with Gasteiger partial charge in [-0.15, -0.1) is 0 Å². The standard InChI is InChI=1S/C12H16ClN3O/c1-14-12(17)9-5-2-3-8-16(9)11-7-4-6-10(13)15-11/h4,6-7,9H,2-3,5,8H2,1H3,(H,14,17). The summed E-state index contributed by atoms with van der Waals surface area (Å²) >= 11 is 5.89.